The molecule has 0 saturated heterocycles. The SMILES string of the molecule is COc1ccc(C)cc1N(CC(=O)N/N=C(\C)c1cccc(NC(=O)c2ccccc2)c1)S(=O)(=O)c1ccccc1. The number of nitrogens with one attached hydrogen (secondary N) is 2. The van der Waals surface area contributed by atoms with E-state index in [9.17, 15) is 18.0 Å². The second-order valence-electron chi connectivity index (χ2n) is 9.13. The molecule has 2 N–H and O–H groups in total. The monoisotopic (exact) mass is 570 g/mol. The molecule has 4 rings (SSSR count). The van der Waals surface area contributed by atoms with Gasteiger partial charge in [0.05, 0.1) is 23.4 Å². The number of anilines is 2. The number of ether oxygens (including phenoxy) is 1. The third-order valence-electron chi connectivity index (χ3n) is 6.14. The topological polar surface area (TPSA) is 117 Å². The van der Waals surface area contributed by atoms with E-state index in [1.165, 1.54) is 19.2 Å². The number of nitrogens with zero attached hydrogens (tertiary/aromatic N) is 2. The van der Waals surface area contributed by atoms with Gasteiger partial charge in [-0.2, -0.15) is 5.10 Å². The third-order valence-corrected chi connectivity index (χ3v) is 7.92. The van der Waals surface area contributed by atoms with Crippen LogP contribution in [0.5, 0.6) is 5.75 Å². The van der Waals surface area contributed by atoms with Crippen molar-refractivity contribution in [3.05, 3.63) is 120 Å². The molecule has 0 aromatic heterocycles. The van der Waals surface area contributed by atoms with E-state index in [-0.39, 0.29) is 16.5 Å². The van der Waals surface area contributed by atoms with Gasteiger partial charge in [-0.3, -0.25) is 13.9 Å². The molecule has 0 aliphatic carbocycles. The summed E-state index contributed by atoms with van der Waals surface area (Å²) in [6.45, 7) is 2.97. The molecule has 4 aromatic rings. The maximum absolute atomic E-state index is 13.7. The molecule has 0 saturated carbocycles. The highest BCUT2D eigenvalue weighted by Gasteiger charge is 2.29. The summed E-state index contributed by atoms with van der Waals surface area (Å²) in [5.74, 6) is -0.602. The van der Waals surface area contributed by atoms with Gasteiger partial charge in [0.2, 0.25) is 0 Å². The molecule has 0 radical (unpaired) electrons. The minimum atomic E-state index is -4.13. The average Bonchev–Trinajstić information content (AvgIpc) is 2.99. The molecule has 0 aliphatic rings. The Balaban J connectivity index is 1.54. The van der Waals surface area contributed by atoms with Gasteiger partial charge in [0, 0.05) is 11.3 Å². The first kappa shape index (κ1) is 29.0. The summed E-state index contributed by atoms with van der Waals surface area (Å²) < 4.78 is 33.7. The van der Waals surface area contributed by atoms with Gasteiger partial charge < -0.3 is 10.1 Å². The molecular weight excluding hydrogens is 540 g/mol. The molecule has 0 aliphatic heterocycles. The molecule has 0 unspecified atom stereocenters. The molecule has 210 valence electrons. The molecule has 0 heterocycles. The minimum Gasteiger partial charge on any atom is -0.495 e. The number of hydrogen-bond acceptors (Lipinski definition) is 6. The fourth-order valence-electron chi connectivity index (χ4n) is 4.01. The summed E-state index contributed by atoms with van der Waals surface area (Å²) in [6, 6.07) is 28.8. The van der Waals surface area contributed by atoms with E-state index in [0.717, 1.165) is 9.87 Å². The van der Waals surface area contributed by atoms with E-state index in [4.69, 9.17) is 4.74 Å². The molecule has 0 spiro atoms. The zero-order chi connectivity index (χ0) is 29.4. The first-order valence-electron chi connectivity index (χ1n) is 12.7. The van der Waals surface area contributed by atoms with Crippen molar-refractivity contribution in [2.24, 2.45) is 5.10 Å². The average molecular weight is 571 g/mol. The van der Waals surface area contributed by atoms with Crippen LogP contribution in [0, 0.1) is 6.92 Å². The summed E-state index contributed by atoms with van der Waals surface area (Å²) in [4.78, 5) is 25.6. The first-order chi connectivity index (χ1) is 19.7. The van der Waals surface area contributed by atoms with Crippen molar-refractivity contribution < 1.29 is 22.7 Å². The normalized spacial score (nSPS) is 11.4. The number of carbonyl (C=O) groups is 2. The van der Waals surface area contributed by atoms with Crippen LogP contribution < -0.4 is 19.8 Å². The van der Waals surface area contributed by atoms with E-state index in [1.807, 2.05) is 13.0 Å². The van der Waals surface area contributed by atoms with E-state index < -0.39 is 22.5 Å². The van der Waals surface area contributed by atoms with Crippen LogP contribution in [-0.2, 0) is 14.8 Å². The molecule has 0 bridgehead atoms. The highest BCUT2D eigenvalue weighted by atomic mass is 32.2. The lowest BCUT2D eigenvalue weighted by atomic mass is 10.1. The smallest absolute Gasteiger partial charge is 0.264 e. The maximum atomic E-state index is 13.7. The predicted molar refractivity (Wildman–Crippen MR) is 160 cm³/mol. The van der Waals surface area contributed by atoms with Crippen molar-refractivity contribution in [1.29, 1.82) is 0 Å². The molecule has 4 aromatic carbocycles. The standard InChI is InChI=1S/C31H30N4O5S/c1-22-17-18-29(40-3)28(19-22)35(41(38,39)27-15-8-5-9-16-27)21-30(36)34-33-23(2)25-13-10-14-26(20-25)32-31(37)24-11-6-4-7-12-24/h4-20H,21H2,1-3H3,(H,32,37)(H,34,36)/b33-23+. The van der Waals surface area contributed by atoms with Crippen LogP contribution in [0.2, 0.25) is 0 Å². The van der Waals surface area contributed by atoms with Crippen LogP contribution in [0.4, 0.5) is 11.4 Å². The van der Waals surface area contributed by atoms with Crippen LogP contribution in [0.1, 0.15) is 28.4 Å². The number of amides is 2. The van der Waals surface area contributed by atoms with Crippen molar-refractivity contribution >= 4 is 38.9 Å². The van der Waals surface area contributed by atoms with Crippen molar-refractivity contribution in [2.75, 3.05) is 23.3 Å². The summed E-state index contributed by atoms with van der Waals surface area (Å²) in [7, 11) is -2.69. The van der Waals surface area contributed by atoms with Gasteiger partial charge in [-0.15, -0.1) is 0 Å². The van der Waals surface area contributed by atoms with Crippen LogP contribution >= 0.6 is 0 Å². The zero-order valence-corrected chi connectivity index (χ0v) is 23.7. The summed E-state index contributed by atoms with van der Waals surface area (Å²) >= 11 is 0. The maximum Gasteiger partial charge on any atom is 0.264 e. The van der Waals surface area contributed by atoms with E-state index in [1.54, 1.807) is 91.9 Å². The number of benzene rings is 4. The largest absolute Gasteiger partial charge is 0.495 e. The Bertz CT molecular complexity index is 1670. The van der Waals surface area contributed by atoms with Crippen molar-refractivity contribution in [3.63, 3.8) is 0 Å². The van der Waals surface area contributed by atoms with Gasteiger partial charge in [-0.1, -0.05) is 54.6 Å². The highest BCUT2D eigenvalue weighted by Crippen LogP contribution is 2.33. The quantitative estimate of drug-likeness (QED) is 0.206. The zero-order valence-electron chi connectivity index (χ0n) is 22.9. The molecule has 10 heteroatoms. The second kappa shape index (κ2) is 12.9. The van der Waals surface area contributed by atoms with Gasteiger partial charge in [0.1, 0.15) is 12.3 Å². The summed E-state index contributed by atoms with van der Waals surface area (Å²) in [6.07, 6.45) is 0. The number of hydrazone groups is 1. The first-order valence-corrected chi connectivity index (χ1v) is 14.2. The van der Waals surface area contributed by atoms with E-state index >= 15 is 0 Å². The Morgan fingerprint density at radius 2 is 1.51 bits per heavy atom. The Hall–Kier alpha value is -4.96. The third kappa shape index (κ3) is 7.17. The fourth-order valence-corrected chi connectivity index (χ4v) is 5.45. The molecule has 0 atom stereocenters. The minimum absolute atomic E-state index is 0.0328. The summed E-state index contributed by atoms with van der Waals surface area (Å²) in [5, 5.41) is 7.03. The molecule has 2 amide bonds. The number of rotatable bonds is 10. The number of aryl methyl sites for hydroxylation is 1. The van der Waals surface area contributed by atoms with Crippen LogP contribution in [-0.4, -0.2) is 39.6 Å². The second-order valence-corrected chi connectivity index (χ2v) is 11.0. The van der Waals surface area contributed by atoms with Gasteiger partial charge in [0.15, 0.2) is 0 Å². The van der Waals surface area contributed by atoms with Crippen molar-refractivity contribution in [2.45, 2.75) is 18.7 Å². The number of sulfonamides is 1. The van der Waals surface area contributed by atoms with E-state index in [2.05, 4.69) is 15.8 Å². The Morgan fingerprint density at radius 3 is 2.20 bits per heavy atom. The summed E-state index contributed by atoms with van der Waals surface area (Å²) in [5.41, 5.74) is 5.68. The van der Waals surface area contributed by atoms with Crippen LogP contribution in [0.15, 0.2) is 113 Å². The molecule has 41 heavy (non-hydrogen) atoms. The van der Waals surface area contributed by atoms with Crippen molar-refractivity contribution in [3.8, 4) is 5.75 Å². The Labute approximate surface area is 239 Å². The lowest BCUT2D eigenvalue weighted by molar-refractivity contribution is -0.119. The number of carbonyl (C=O) groups excluding carboxylic acids is 2. The van der Waals surface area contributed by atoms with Gasteiger partial charge >= 0.3 is 0 Å². The number of methoxy groups -OCH3 is 1. The lowest BCUT2D eigenvalue weighted by Crippen LogP contribution is -2.40. The Morgan fingerprint density at radius 1 is 0.854 bits per heavy atom. The Kier molecular flexibility index (Phi) is 9.15. The number of hydrogen-bond donors (Lipinski definition) is 2. The van der Waals surface area contributed by atoms with Gasteiger partial charge in [-0.25, -0.2) is 13.8 Å². The fraction of sp³-hybridized carbons (Fsp3) is 0.129. The highest BCUT2D eigenvalue weighted by molar-refractivity contribution is 7.92. The van der Waals surface area contributed by atoms with Crippen molar-refractivity contribution in [1.82, 2.24) is 5.43 Å². The van der Waals surface area contributed by atoms with Gasteiger partial charge in [-0.05, 0) is 73.5 Å². The predicted octanol–water partition coefficient (Wildman–Crippen LogP) is 4.99. The van der Waals surface area contributed by atoms with E-state index in [0.29, 0.717) is 28.3 Å². The molecular formula is C31H30N4O5S. The van der Waals surface area contributed by atoms with Crippen LogP contribution in [0.3, 0.4) is 0 Å². The lowest BCUT2D eigenvalue weighted by Gasteiger charge is -2.25. The molecule has 9 nitrogen and oxygen atoms in total. The van der Waals surface area contributed by atoms with Gasteiger partial charge in [0.25, 0.3) is 21.8 Å². The molecule has 0 fully saturated rings. The van der Waals surface area contributed by atoms with Crippen LogP contribution in [0.25, 0.3) is 0 Å².